The first kappa shape index (κ1) is 21.3. The zero-order chi connectivity index (χ0) is 20.3. The van der Waals surface area contributed by atoms with Crippen molar-refractivity contribution in [2.45, 2.75) is 21.4 Å². The molecule has 0 saturated heterocycles. The zero-order valence-corrected chi connectivity index (χ0v) is 18.3. The maximum atomic E-state index is 12.0. The summed E-state index contributed by atoms with van der Waals surface area (Å²) in [4.78, 5) is 12.0. The Bertz CT molecular complexity index is 972. The van der Waals surface area contributed by atoms with Gasteiger partial charge < -0.3 is 0 Å². The lowest BCUT2D eigenvalue weighted by Crippen LogP contribution is -2.19. The van der Waals surface area contributed by atoms with Crippen molar-refractivity contribution in [3.63, 3.8) is 0 Å². The van der Waals surface area contributed by atoms with Gasteiger partial charge in [0.2, 0.25) is 0 Å². The molecule has 2 aromatic carbocycles. The van der Waals surface area contributed by atoms with Gasteiger partial charge in [0, 0.05) is 5.75 Å². The van der Waals surface area contributed by atoms with Crippen molar-refractivity contribution in [2.24, 2.45) is 5.10 Å². The highest BCUT2D eigenvalue weighted by molar-refractivity contribution is 8.03. The second-order valence-electron chi connectivity index (χ2n) is 5.99. The van der Waals surface area contributed by atoms with E-state index in [4.69, 9.17) is 0 Å². The van der Waals surface area contributed by atoms with Gasteiger partial charge in [0.05, 0.1) is 12.0 Å². The number of hydrogen-bond donors (Lipinski definition) is 1. The second kappa shape index (κ2) is 11.5. The van der Waals surface area contributed by atoms with Crippen molar-refractivity contribution < 1.29 is 4.79 Å². The summed E-state index contributed by atoms with van der Waals surface area (Å²) in [6.45, 7) is 1.94. The Balaban J connectivity index is 1.39. The number of benzene rings is 2. The van der Waals surface area contributed by atoms with Gasteiger partial charge in [-0.25, -0.2) is 5.43 Å². The average Bonchev–Trinajstić information content (AvgIpc) is 3.20. The molecule has 8 heteroatoms. The van der Waals surface area contributed by atoms with Crippen LogP contribution in [0.3, 0.4) is 0 Å². The first-order valence-electron chi connectivity index (χ1n) is 8.87. The highest BCUT2D eigenvalue weighted by Gasteiger charge is 2.08. The molecule has 0 unspecified atom stereocenters. The van der Waals surface area contributed by atoms with E-state index in [9.17, 15) is 4.79 Å². The topological polar surface area (TPSA) is 67.2 Å². The van der Waals surface area contributed by atoms with Crippen molar-refractivity contribution in [3.8, 4) is 0 Å². The van der Waals surface area contributed by atoms with Crippen LogP contribution in [0.1, 0.15) is 18.1 Å². The first-order valence-corrected chi connectivity index (χ1v) is 11.7. The molecule has 0 fully saturated rings. The monoisotopic (exact) mass is 440 g/mol. The molecule has 0 atom stereocenters. The molecule has 1 aromatic heterocycles. The molecular formula is C21H20N4OS3. The van der Waals surface area contributed by atoms with Crippen LogP contribution in [0.15, 0.2) is 80.0 Å². The van der Waals surface area contributed by atoms with E-state index in [0.29, 0.717) is 0 Å². The number of nitrogens with zero attached hydrogens (tertiary/aromatic N) is 3. The Labute approximate surface area is 182 Å². The molecule has 0 aliphatic heterocycles. The summed E-state index contributed by atoms with van der Waals surface area (Å²) in [5.74, 6) is 0.926. The van der Waals surface area contributed by atoms with Gasteiger partial charge in [0.15, 0.2) is 8.68 Å². The van der Waals surface area contributed by atoms with E-state index in [-0.39, 0.29) is 11.7 Å². The number of aromatic nitrogens is 2. The number of rotatable bonds is 9. The first-order chi connectivity index (χ1) is 14.2. The van der Waals surface area contributed by atoms with Gasteiger partial charge in [-0.1, -0.05) is 102 Å². The third-order valence-electron chi connectivity index (χ3n) is 3.57. The number of carbonyl (C=O) groups is 1. The van der Waals surface area contributed by atoms with Gasteiger partial charge in [-0.2, -0.15) is 5.10 Å². The maximum absolute atomic E-state index is 12.0. The standard InChI is InChI=1S/C21H20N4OS3/c1-16(12-17-8-4-2-5-9-17)13-22-23-19(26)15-28-21-25-24-20(29-21)27-14-18-10-6-3-7-11-18/h2-13H,14-15H2,1H3,(H,23,26)/b16-12+,22-13-. The predicted molar refractivity (Wildman–Crippen MR) is 123 cm³/mol. The summed E-state index contributed by atoms with van der Waals surface area (Å²) in [7, 11) is 0. The van der Waals surface area contributed by atoms with Crippen molar-refractivity contribution in [3.05, 3.63) is 77.4 Å². The van der Waals surface area contributed by atoms with Crippen molar-refractivity contribution in [1.82, 2.24) is 15.6 Å². The molecule has 0 saturated carbocycles. The minimum atomic E-state index is -0.174. The Morgan fingerprint density at radius 3 is 2.41 bits per heavy atom. The highest BCUT2D eigenvalue weighted by atomic mass is 32.2. The highest BCUT2D eigenvalue weighted by Crippen LogP contribution is 2.30. The molecule has 1 heterocycles. The Hall–Kier alpha value is -2.42. The molecule has 1 amide bonds. The third kappa shape index (κ3) is 7.84. The lowest BCUT2D eigenvalue weighted by atomic mass is 10.1. The predicted octanol–water partition coefficient (Wildman–Crippen LogP) is 5.13. The molecule has 0 aliphatic carbocycles. The van der Waals surface area contributed by atoms with Crippen LogP contribution in [-0.2, 0) is 10.5 Å². The van der Waals surface area contributed by atoms with Crippen molar-refractivity contribution >= 4 is 53.1 Å². The molecular weight excluding hydrogens is 420 g/mol. The van der Waals surface area contributed by atoms with Crippen LogP contribution in [0, 0.1) is 0 Å². The van der Waals surface area contributed by atoms with Gasteiger partial charge in [-0.3, -0.25) is 4.79 Å². The van der Waals surface area contributed by atoms with E-state index in [0.717, 1.165) is 25.6 Å². The van der Waals surface area contributed by atoms with E-state index < -0.39 is 0 Å². The molecule has 0 bridgehead atoms. The summed E-state index contributed by atoms with van der Waals surface area (Å²) in [5, 5.41) is 12.3. The molecule has 148 valence electrons. The summed E-state index contributed by atoms with van der Waals surface area (Å²) in [6, 6.07) is 20.2. The number of allylic oxidation sites excluding steroid dienone is 1. The third-order valence-corrected chi connectivity index (χ3v) is 6.83. The van der Waals surface area contributed by atoms with Crippen LogP contribution in [-0.4, -0.2) is 28.1 Å². The Morgan fingerprint density at radius 1 is 1.03 bits per heavy atom. The fourth-order valence-corrected chi connectivity index (χ4v) is 5.02. The van der Waals surface area contributed by atoms with Crippen molar-refractivity contribution in [1.29, 1.82) is 0 Å². The fourth-order valence-electron chi connectivity index (χ4n) is 2.25. The Kier molecular flexibility index (Phi) is 8.48. The lowest BCUT2D eigenvalue weighted by molar-refractivity contribution is -0.118. The van der Waals surface area contributed by atoms with Crippen molar-refractivity contribution in [2.75, 3.05) is 5.75 Å². The van der Waals surface area contributed by atoms with Crippen LogP contribution < -0.4 is 5.43 Å². The minimum absolute atomic E-state index is 0.174. The number of hydrogen-bond acceptors (Lipinski definition) is 7. The molecule has 5 nitrogen and oxygen atoms in total. The number of nitrogens with one attached hydrogen (secondary N) is 1. The van der Waals surface area contributed by atoms with Gasteiger partial charge in [0.25, 0.3) is 5.91 Å². The van der Waals surface area contributed by atoms with E-state index in [1.807, 2.05) is 61.5 Å². The lowest BCUT2D eigenvalue weighted by Gasteiger charge is -1.98. The summed E-state index contributed by atoms with van der Waals surface area (Å²) < 4.78 is 1.68. The fraction of sp³-hybridized carbons (Fsp3) is 0.143. The average molecular weight is 441 g/mol. The SMILES string of the molecule is CC(/C=N\NC(=O)CSc1nnc(SCc2ccccc2)s1)=C\c1ccccc1. The van der Waals surface area contributed by atoms with Crippen LogP contribution in [0.4, 0.5) is 0 Å². The summed E-state index contributed by atoms with van der Waals surface area (Å²) in [5.41, 5.74) is 5.83. The quantitative estimate of drug-likeness (QED) is 0.284. The summed E-state index contributed by atoms with van der Waals surface area (Å²) >= 11 is 4.51. The van der Waals surface area contributed by atoms with Gasteiger partial charge in [-0.15, -0.1) is 10.2 Å². The number of hydrazone groups is 1. The van der Waals surface area contributed by atoms with Gasteiger partial charge >= 0.3 is 0 Å². The van der Waals surface area contributed by atoms with E-state index in [1.54, 1.807) is 18.0 Å². The normalized spacial score (nSPS) is 11.7. The molecule has 1 N–H and O–H groups in total. The maximum Gasteiger partial charge on any atom is 0.250 e. The Morgan fingerprint density at radius 2 is 1.69 bits per heavy atom. The molecule has 0 radical (unpaired) electrons. The summed E-state index contributed by atoms with van der Waals surface area (Å²) in [6.07, 6.45) is 3.64. The molecule has 3 aromatic rings. The van der Waals surface area contributed by atoms with E-state index >= 15 is 0 Å². The minimum Gasteiger partial charge on any atom is -0.272 e. The molecule has 29 heavy (non-hydrogen) atoms. The number of carbonyl (C=O) groups excluding carboxylic acids is 1. The van der Waals surface area contributed by atoms with Crippen LogP contribution in [0.5, 0.6) is 0 Å². The smallest absolute Gasteiger partial charge is 0.250 e. The second-order valence-corrected chi connectivity index (χ2v) is 9.41. The molecule has 0 aliphatic rings. The van der Waals surface area contributed by atoms with Gasteiger partial charge in [-0.05, 0) is 23.6 Å². The molecule has 3 rings (SSSR count). The number of amides is 1. The van der Waals surface area contributed by atoms with Crippen LogP contribution in [0.2, 0.25) is 0 Å². The van der Waals surface area contributed by atoms with Gasteiger partial charge in [0.1, 0.15) is 0 Å². The number of thioether (sulfide) groups is 2. The van der Waals surface area contributed by atoms with E-state index in [2.05, 4.69) is 32.9 Å². The van der Waals surface area contributed by atoms with Crippen LogP contribution >= 0.6 is 34.9 Å². The van der Waals surface area contributed by atoms with E-state index in [1.165, 1.54) is 28.7 Å². The largest absolute Gasteiger partial charge is 0.272 e. The molecule has 0 spiro atoms. The zero-order valence-electron chi connectivity index (χ0n) is 15.8. The van der Waals surface area contributed by atoms with Crippen LogP contribution in [0.25, 0.3) is 6.08 Å².